The van der Waals surface area contributed by atoms with Crippen LogP contribution in [0.5, 0.6) is 0 Å². The average molecular weight is 372 g/mol. The Morgan fingerprint density at radius 2 is 1.96 bits per heavy atom. The van der Waals surface area contributed by atoms with Gasteiger partial charge in [0.05, 0.1) is 5.75 Å². The van der Waals surface area contributed by atoms with Crippen LogP contribution in [0.1, 0.15) is 39.5 Å². The first-order valence-corrected chi connectivity index (χ1v) is 9.61. The van der Waals surface area contributed by atoms with Gasteiger partial charge in [0.1, 0.15) is 5.82 Å². The highest BCUT2D eigenvalue weighted by molar-refractivity contribution is 8.00. The SMILES string of the molecule is CCCCC[C@H](C)CNC(=S)NNC(=O)CSc1ccc(F)cc1. The van der Waals surface area contributed by atoms with Gasteiger partial charge >= 0.3 is 0 Å². The van der Waals surface area contributed by atoms with E-state index in [1.54, 1.807) is 12.1 Å². The molecule has 1 aromatic rings. The third-order valence-corrected chi connectivity index (χ3v) is 4.67. The van der Waals surface area contributed by atoms with E-state index in [9.17, 15) is 9.18 Å². The summed E-state index contributed by atoms with van der Waals surface area (Å²) in [4.78, 5) is 12.6. The zero-order chi connectivity index (χ0) is 17.8. The second-order valence-corrected chi connectivity index (χ2v) is 7.18. The van der Waals surface area contributed by atoms with Crippen LogP contribution in [0.3, 0.4) is 0 Å². The van der Waals surface area contributed by atoms with E-state index >= 15 is 0 Å². The summed E-state index contributed by atoms with van der Waals surface area (Å²) in [6.07, 6.45) is 4.89. The molecular weight excluding hydrogens is 345 g/mol. The molecule has 1 atom stereocenters. The highest BCUT2D eigenvalue weighted by Gasteiger charge is 2.05. The minimum atomic E-state index is -0.286. The lowest BCUT2D eigenvalue weighted by molar-refractivity contribution is -0.119. The van der Waals surface area contributed by atoms with E-state index < -0.39 is 0 Å². The second kappa shape index (κ2) is 12.1. The van der Waals surface area contributed by atoms with Crippen molar-refractivity contribution < 1.29 is 9.18 Å². The van der Waals surface area contributed by atoms with Crippen molar-refractivity contribution in [3.05, 3.63) is 30.1 Å². The molecule has 0 aliphatic heterocycles. The summed E-state index contributed by atoms with van der Waals surface area (Å²) >= 11 is 6.47. The van der Waals surface area contributed by atoms with Crippen LogP contribution in [0.2, 0.25) is 0 Å². The summed E-state index contributed by atoms with van der Waals surface area (Å²) in [5.74, 6) is 0.297. The van der Waals surface area contributed by atoms with Crippen molar-refractivity contribution in [3.8, 4) is 0 Å². The first-order valence-electron chi connectivity index (χ1n) is 8.22. The Labute approximate surface area is 153 Å². The summed E-state index contributed by atoms with van der Waals surface area (Å²) in [7, 11) is 0. The lowest BCUT2D eigenvalue weighted by Gasteiger charge is -2.15. The molecule has 0 aliphatic rings. The number of carbonyl (C=O) groups is 1. The van der Waals surface area contributed by atoms with E-state index in [1.807, 2.05) is 0 Å². The smallest absolute Gasteiger partial charge is 0.248 e. The second-order valence-electron chi connectivity index (χ2n) is 5.73. The Morgan fingerprint density at radius 3 is 2.62 bits per heavy atom. The predicted molar refractivity (Wildman–Crippen MR) is 102 cm³/mol. The van der Waals surface area contributed by atoms with Gasteiger partial charge in [-0.2, -0.15) is 0 Å². The zero-order valence-corrected chi connectivity index (χ0v) is 15.9. The van der Waals surface area contributed by atoms with E-state index in [-0.39, 0.29) is 17.5 Å². The van der Waals surface area contributed by atoms with Crippen LogP contribution in [0.4, 0.5) is 4.39 Å². The Kier molecular flexibility index (Phi) is 10.4. The number of halogens is 1. The van der Waals surface area contributed by atoms with Gasteiger partial charge < -0.3 is 5.32 Å². The molecule has 0 aliphatic carbocycles. The Bertz CT molecular complexity index is 511. The largest absolute Gasteiger partial charge is 0.361 e. The molecule has 0 aromatic heterocycles. The van der Waals surface area contributed by atoms with E-state index in [0.717, 1.165) is 11.4 Å². The first kappa shape index (κ1) is 20.7. The molecule has 3 N–H and O–H groups in total. The van der Waals surface area contributed by atoms with Gasteiger partial charge in [0, 0.05) is 11.4 Å². The van der Waals surface area contributed by atoms with Crippen molar-refractivity contribution in [1.29, 1.82) is 0 Å². The summed E-state index contributed by atoms with van der Waals surface area (Å²) in [5.41, 5.74) is 5.25. The average Bonchev–Trinajstić information content (AvgIpc) is 2.58. The van der Waals surface area contributed by atoms with Crippen LogP contribution in [0, 0.1) is 11.7 Å². The molecule has 1 aromatic carbocycles. The minimum absolute atomic E-state index is 0.190. The van der Waals surface area contributed by atoms with Gasteiger partial charge in [0.2, 0.25) is 5.91 Å². The fraction of sp³-hybridized carbons (Fsp3) is 0.529. The highest BCUT2D eigenvalue weighted by Crippen LogP contribution is 2.17. The third-order valence-electron chi connectivity index (χ3n) is 3.41. The van der Waals surface area contributed by atoms with E-state index in [4.69, 9.17) is 12.2 Å². The summed E-state index contributed by atoms with van der Waals surface area (Å²) in [5, 5.41) is 3.52. The molecule has 0 unspecified atom stereocenters. The van der Waals surface area contributed by atoms with Gasteiger partial charge in [0.15, 0.2) is 5.11 Å². The number of nitrogens with one attached hydrogen (secondary N) is 3. The first-order chi connectivity index (χ1) is 11.5. The fourth-order valence-corrected chi connectivity index (χ4v) is 2.83. The molecule has 134 valence electrons. The molecule has 1 rings (SSSR count). The maximum Gasteiger partial charge on any atom is 0.248 e. The molecule has 0 saturated heterocycles. The highest BCUT2D eigenvalue weighted by atomic mass is 32.2. The summed E-state index contributed by atoms with van der Waals surface area (Å²) in [6, 6.07) is 6.04. The van der Waals surface area contributed by atoms with Gasteiger partial charge in [0.25, 0.3) is 0 Å². The third kappa shape index (κ3) is 9.72. The van der Waals surface area contributed by atoms with Crippen LogP contribution < -0.4 is 16.2 Å². The maximum atomic E-state index is 12.8. The minimum Gasteiger partial charge on any atom is -0.361 e. The number of hydrazine groups is 1. The van der Waals surface area contributed by atoms with E-state index in [1.165, 1.54) is 49.6 Å². The van der Waals surface area contributed by atoms with Crippen molar-refractivity contribution in [2.24, 2.45) is 5.92 Å². The van der Waals surface area contributed by atoms with Crippen molar-refractivity contribution >= 4 is 35.0 Å². The lowest BCUT2D eigenvalue weighted by atomic mass is 10.0. The predicted octanol–water partition coefficient (Wildman–Crippen LogP) is 3.63. The zero-order valence-electron chi connectivity index (χ0n) is 14.2. The number of thiocarbonyl (C=S) groups is 1. The van der Waals surface area contributed by atoms with Gasteiger partial charge in [-0.05, 0) is 48.8 Å². The van der Waals surface area contributed by atoms with Gasteiger partial charge in [-0.15, -0.1) is 11.8 Å². The normalized spacial score (nSPS) is 11.6. The number of hydrogen-bond acceptors (Lipinski definition) is 3. The number of hydrogen-bond donors (Lipinski definition) is 3. The number of thioether (sulfide) groups is 1. The number of rotatable bonds is 9. The maximum absolute atomic E-state index is 12.8. The standard InChI is InChI=1S/C17H26FN3OS2/c1-3-4-5-6-13(2)11-19-17(23)21-20-16(22)12-24-15-9-7-14(18)8-10-15/h7-10,13H,3-6,11-12H2,1-2H3,(H,20,22)(H2,19,21,23)/t13-/m0/s1. The molecule has 0 saturated carbocycles. The molecule has 24 heavy (non-hydrogen) atoms. The number of amides is 1. The van der Waals surface area contributed by atoms with Gasteiger partial charge in [-0.1, -0.05) is 33.1 Å². The molecule has 0 heterocycles. The fourth-order valence-electron chi connectivity index (χ4n) is 2.00. The molecule has 0 radical (unpaired) electrons. The van der Waals surface area contributed by atoms with E-state index in [0.29, 0.717) is 11.0 Å². The molecule has 0 fully saturated rings. The van der Waals surface area contributed by atoms with Crippen molar-refractivity contribution in [2.45, 2.75) is 44.4 Å². The van der Waals surface area contributed by atoms with Crippen molar-refractivity contribution in [2.75, 3.05) is 12.3 Å². The Hall–Kier alpha value is -1.34. The summed E-state index contributed by atoms with van der Waals surface area (Å²) in [6.45, 7) is 5.16. The molecule has 0 bridgehead atoms. The quantitative estimate of drug-likeness (QED) is 0.268. The number of benzene rings is 1. The van der Waals surface area contributed by atoms with E-state index in [2.05, 4.69) is 30.0 Å². The topological polar surface area (TPSA) is 53.2 Å². The van der Waals surface area contributed by atoms with Crippen molar-refractivity contribution in [3.63, 3.8) is 0 Å². The van der Waals surface area contributed by atoms with Gasteiger partial charge in [-0.25, -0.2) is 4.39 Å². The van der Waals surface area contributed by atoms with Crippen molar-refractivity contribution in [1.82, 2.24) is 16.2 Å². The van der Waals surface area contributed by atoms with Crippen LogP contribution in [0.15, 0.2) is 29.2 Å². The monoisotopic (exact) mass is 371 g/mol. The summed E-state index contributed by atoms with van der Waals surface area (Å²) < 4.78 is 12.8. The van der Waals surface area contributed by atoms with Crippen LogP contribution in [-0.2, 0) is 4.79 Å². The Balaban J connectivity index is 2.12. The number of unbranched alkanes of at least 4 members (excludes halogenated alkanes) is 2. The van der Waals surface area contributed by atoms with Gasteiger partial charge in [-0.3, -0.25) is 15.6 Å². The molecule has 0 spiro atoms. The van der Waals surface area contributed by atoms with Crippen LogP contribution in [0.25, 0.3) is 0 Å². The Morgan fingerprint density at radius 1 is 1.25 bits per heavy atom. The molecule has 4 nitrogen and oxygen atoms in total. The lowest BCUT2D eigenvalue weighted by Crippen LogP contribution is -2.48. The molecule has 1 amide bonds. The molecule has 7 heteroatoms. The number of carbonyl (C=O) groups excluding carboxylic acids is 1. The van der Waals surface area contributed by atoms with Crippen LogP contribution in [-0.4, -0.2) is 23.3 Å². The molecular formula is C17H26FN3OS2. The van der Waals surface area contributed by atoms with Crippen LogP contribution >= 0.6 is 24.0 Å².